The molecule has 0 aliphatic heterocycles. The Morgan fingerprint density at radius 1 is 1.40 bits per heavy atom. The molecule has 84 valence electrons. The fourth-order valence-corrected chi connectivity index (χ4v) is 2.51. The molecule has 1 aromatic rings. The van der Waals surface area contributed by atoms with E-state index in [-0.39, 0.29) is 11.7 Å². The predicted molar refractivity (Wildman–Crippen MR) is 60.7 cm³/mol. The van der Waals surface area contributed by atoms with Gasteiger partial charge in [0.25, 0.3) is 10.1 Å². The molecule has 0 amide bonds. The molecule has 0 fully saturated rings. The third kappa shape index (κ3) is 4.64. The topological polar surface area (TPSA) is 54.4 Å². The summed E-state index contributed by atoms with van der Waals surface area (Å²) in [4.78, 5) is 0. The van der Waals surface area contributed by atoms with Crippen LogP contribution in [-0.2, 0) is 16.5 Å². The Morgan fingerprint density at radius 3 is 2.53 bits per heavy atom. The van der Waals surface area contributed by atoms with Gasteiger partial charge in [-0.3, -0.25) is 4.55 Å². The summed E-state index contributed by atoms with van der Waals surface area (Å²) in [6.07, 6.45) is 0.541. The summed E-state index contributed by atoms with van der Waals surface area (Å²) in [7, 11) is -3.90. The smallest absolute Gasteiger partial charge is 0.265 e. The molecule has 1 rings (SSSR count). The second-order valence-corrected chi connectivity index (χ2v) is 5.55. The zero-order valence-electron chi connectivity index (χ0n) is 8.35. The fourth-order valence-electron chi connectivity index (χ4n) is 1.46. The number of halogens is 1. The van der Waals surface area contributed by atoms with E-state index < -0.39 is 10.1 Å². The van der Waals surface area contributed by atoms with Crippen LogP contribution in [0.1, 0.15) is 12.5 Å². The summed E-state index contributed by atoms with van der Waals surface area (Å²) in [6, 6.07) is 7.28. The van der Waals surface area contributed by atoms with Crippen molar-refractivity contribution in [1.82, 2.24) is 0 Å². The largest absolute Gasteiger partial charge is 0.286 e. The zero-order valence-corrected chi connectivity index (χ0v) is 9.92. The molecule has 1 N–H and O–H groups in total. The highest BCUT2D eigenvalue weighted by Crippen LogP contribution is 2.19. The van der Waals surface area contributed by atoms with Gasteiger partial charge < -0.3 is 0 Å². The van der Waals surface area contributed by atoms with Gasteiger partial charge in [0.15, 0.2) is 0 Å². The van der Waals surface area contributed by atoms with Gasteiger partial charge in [0.1, 0.15) is 0 Å². The molecule has 1 unspecified atom stereocenters. The summed E-state index contributed by atoms with van der Waals surface area (Å²) in [5.41, 5.74) is 0.898. The SMILES string of the molecule is CC(Cc1ccccc1Cl)CS(=O)(=O)O. The number of rotatable bonds is 4. The van der Waals surface area contributed by atoms with E-state index in [4.69, 9.17) is 16.2 Å². The van der Waals surface area contributed by atoms with Crippen molar-refractivity contribution in [2.75, 3.05) is 5.75 Å². The molecule has 5 heteroatoms. The number of benzene rings is 1. The molecule has 3 nitrogen and oxygen atoms in total. The van der Waals surface area contributed by atoms with Gasteiger partial charge in [0.2, 0.25) is 0 Å². The van der Waals surface area contributed by atoms with Gasteiger partial charge in [-0.25, -0.2) is 0 Å². The Morgan fingerprint density at radius 2 is 2.00 bits per heavy atom. The highest BCUT2D eigenvalue weighted by atomic mass is 35.5. The van der Waals surface area contributed by atoms with E-state index >= 15 is 0 Å². The fraction of sp³-hybridized carbons (Fsp3) is 0.400. The monoisotopic (exact) mass is 248 g/mol. The Labute approximate surface area is 94.8 Å². The summed E-state index contributed by atoms with van der Waals surface area (Å²) >= 11 is 5.93. The molecular formula is C10H13ClO3S. The van der Waals surface area contributed by atoms with Gasteiger partial charge in [-0.1, -0.05) is 36.7 Å². The van der Waals surface area contributed by atoms with E-state index in [1.165, 1.54) is 0 Å². The van der Waals surface area contributed by atoms with Gasteiger partial charge in [-0.2, -0.15) is 8.42 Å². The minimum absolute atomic E-state index is 0.153. The third-order valence-electron chi connectivity index (χ3n) is 2.02. The van der Waals surface area contributed by atoms with Crippen molar-refractivity contribution in [1.29, 1.82) is 0 Å². The Bertz CT molecular complexity index is 428. The quantitative estimate of drug-likeness (QED) is 0.833. The maximum absolute atomic E-state index is 10.6. The normalized spacial score (nSPS) is 13.8. The Kier molecular flexibility index (Phi) is 4.13. The molecule has 15 heavy (non-hydrogen) atoms. The van der Waals surface area contributed by atoms with E-state index in [1.807, 2.05) is 18.2 Å². The van der Waals surface area contributed by atoms with Crippen LogP contribution < -0.4 is 0 Å². The standard InChI is InChI=1S/C10H13ClO3S/c1-8(7-15(12,13)14)6-9-4-2-3-5-10(9)11/h2-5,8H,6-7H2,1H3,(H,12,13,14). The molecule has 1 aromatic carbocycles. The summed E-state index contributed by atoms with van der Waals surface area (Å²) in [5, 5.41) is 0.625. The minimum Gasteiger partial charge on any atom is -0.286 e. The van der Waals surface area contributed by atoms with Crippen LogP contribution in [0.2, 0.25) is 5.02 Å². The molecule has 0 radical (unpaired) electrons. The lowest BCUT2D eigenvalue weighted by Gasteiger charge is -2.10. The maximum atomic E-state index is 10.6. The number of hydrogen-bond acceptors (Lipinski definition) is 2. The van der Waals surface area contributed by atoms with Gasteiger partial charge in [0.05, 0.1) is 5.75 Å². The van der Waals surface area contributed by atoms with Crippen LogP contribution in [0.3, 0.4) is 0 Å². The lowest BCUT2D eigenvalue weighted by atomic mass is 10.0. The van der Waals surface area contributed by atoms with Crippen molar-refractivity contribution in [3.63, 3.8) is 0 Å². The molecular weight excluding hydrogens is 236 g/mol. The van der Waals surface area contributed by atoms with Crippen LogP contribution in [0.4, 0.5) is 0 Å². The zero-order chi connectivity index (χ0) is 11.5. The Hall–Kier alpha value is -0.580. The average Bonchev–Trinajstić information content (AvgIpc) is 2.05. The highest BCUT2D eigenvalue weighted by molar-refractivity contribution is 7.85. The predicted octanol–water partition coefficient (Wildman–Crippen LogP) is 2.41. The van der Waals surface area contributed by atoms with Gasteiger partial charge >= 0.3 is 0 Å². The van der Waals surface area contributed by atoms with Crippen molar-refractivity contribution in [3.05, 3.63) is 34.9 Å². The van der Waals surface area contributed by atoms with E-state index in [9.17, 15) is 8.42 Å². The van der Waals surface area contributed by atoms with Crippen molar-refractivity contribution in [2.24, 2.45) is 5.92 Å². The van der Waals surface area contributed by atoms with E-state index in [2.05, 4.69) is 0 Å². The van der Waals surface area contributed by atoms with Crippen LogP contribution in [-0.4, -0.2) is 18.7 Å². The molecule has 0 heterocycles. The first-order valence-electron chi connectivity index (χ1n) is 4.57. The maximum Gasteiger partial charge on any atom is 0.265 e. The second kappa shape index (κ2) is 4.96. The first kappa shape index (κ1) is 12.5. The number of hydrogen-bond donors (Lipinski definition) is 1. The van der Waals surface area contributed by atoms with Crippen molar-refractivity contribution in [3.8, 4) is 0 Å². The summed E-state index contributed by atoms with van der Waals surface area (Å²) < 4.78 is 30.0. The first-order valence-corrected chi connectivity index (χ1v) is 6.56. The lowest BCUT2D eigenvalue weighted by Crippen LogP contribution is -2.14. The Balaban J connectivity index is 2.67. The van der Waals surface area contributed by atoms with Gasteiger partial charge in [-0.15, -0.1) is 0 Å². The highest BCUT2D eigenvalue weighted by Gasteiger charge is 2.13. The van der Waals surface area contributed by atoms with E-state index in [0.717, 1.165) is 5.56 Å². The van der Waals surface area contributed by atoms with Gasteiger partial charge in [0, 0.05) is 5.02 Å². The summed E-state index contributed by atoms with van der Waals surface area (Å²) in [6.45, 7) is 1.76. The van der Waals surface area contributed by atoms with Crippen LogP contribution in [0.5, 0.6) is 0 Å². The lowest BCUT2D eigenvalue weighted by molar-refractivity contribution is 0.469. The minimum atomic E-state index is -3.90. The molecule has 0 aliphatic carbocycles. The van der Waals surface area contributed by atoms with E-state index in [0.29, 0.717) is 11.4 Å². The molecule has 0 aliphatic rings. The third-order valence-corrected chi connectivity index (χ3v) is 3.38. The first-order chi connectivity index (χ1) is 6.88. The van der Waals surface area contributed by atoms with Crippen LogP contribution in [0, 0.1) is 5.92 Å². The van der Waals surface area contributed by atoms with Crippen LogP contribution >= 0.6 is 11.6 Å². The molecule has 0 saturated carbocycles. The van der Waals surface area contributed by atoms with Crippen molar-refractivity contribution < 1.29 is 13.0 Å². The van der Waals surface area contributed by atoms with E-state index in [1.54, 1.807) is 13.0 Å². The molecule has 1 atom stereocenters. The van der Waals surface area contributed by atoms with Crippen LogP contribution in [0.15, 0.2) is 24.3 Å². The summed E-state index contributed by atoms with van der Waals surface area (Å²) in [5.74, 6) is -0.391. The van der Waals surface area contributed by atoms with Crippen molar-refractivity contribution >= 4 is 21.7 Å². The van der Waals surface area contributed by atoms with Crippen molar-refractivity contribution in [2.45, 2.75) is 13.3 Å². The molecule has 0 aromatic heterocycles. The second-order valence-electron chi connectivity index (χ2n) is 3.65. The molecule has 0 spiro atoms. The molecule has 0 bridgehead atoms. The van der Waals surface area contributed by atoms with Gasteiger partial charge in [-0.05, 0) is 24.0 Å². The average molecular weight is 249 g/mol. The van der Waals surface area contributed by atoms with Crippen LogP contribution in [0.25, 0.3) is 0 Å². The molecule has 0 saturated heterocycles.